The summed E-state index contributed by atoms with van der Waals surface area (Å²) in [6.07, 6.45) is 3.42. The van der Waals surface area contributed by atoms with Gasteiger partial charge in [-0.05, 0) is 54.4 Å². The Morgan fingerprint density at radius 2 is 1.62 bits per heavy atom. The Morgan fingerprint density at radius 3 is 2.31 bits per heavy atom. The molecule has 0 aliphatic heterocycles. The number of halogens is 1. The van der Waals surface area contributed by atoms with Gasteiger partial charge in [-0.15, -0.1) is 11.3 Å². The molecule has 0 radical (unpaired) electrons. The van der Waals surface area contributed by atoms with Crippen molar-refractivity contribution < 1.29 is 9.18 Å². The molecule has 2 aromatic heterocycles. The second-order valence-corrected chi connectivity index (χ2v) is 7.54. The Morgan fingerprint density at radius 1 is 0.966 bits per heavy atom. The molecule has 4 rings (SSSR count). The summed E-state index contributed by atoms with van der Waals surface area (Å²) in [5.74, 6) is -0.498. The van der Waals surface area contributed by atoms with Gasteiger partial charge in [0.25, 0.3) is 5.91 Å². The van der Waals surface area contributed by atoms with Gasteiger partial charge in [0, 0.05) is 18.0 Å². The van der Waals surface area contributed by atoms with Gasteiger partial charge in [-0.2, -0.15) is 0 Å². The van der Waals surface area contributed by atoms with Crippen LogP contribution in [0.1, 0.15) is 32.5 Å². The van der Waals surface area contributed by atoms with E-state index in [2.05, 4.69) is 15.3 Å². The highest BCUT2D eigenvalue weighted by Gasteiger charge is 2.21. The van der Waals surface area contributed by atoms with Crippen LogP contribution in [0, 0.1) is 12.7 Å². The van der Waals surface area contributed by atoms with E-state index in [0.717, 1.165) is 16.7 Å². The highest BCUT2D eigenvalue weighted by Crippen LogP contribution is 2.29. The standard InChI is InChI=1S/C23H18FN3OS/c1-15-21(29-23(26-15)18-7-9-19(24)10-8-18)22(28)27-20(16-5-3-2-4-6-16)17-11-13-25-14-12-17/h2-14,20H,1H3,(H,27,28). The number of aryl methyl sites for hydroxylation is 1. The molecule has 0 saturated carbocycles. The largest absolute Gasteiger partial charge is 0.340 e. The van der Waals surface area contributed by atoms with E-state index in [9.17, 15) is 9.18 Å². The number of carbonyl (C=O) groups is 1. The minimum absolute atomic E-state index is 0.195. The molecule has 0 aliphatic rings. The predicted octanol–water partition coefficient (Wildman–Crippen LogP) is 5.17. The maximum Gasteiger partial charge on any atom is 0.264 e. The topological polar surface area (TPSA) is 54.9 Å². The molecule has 0 aliphatic carbocycles. The van der Waals surface area contributed by atoms with Crippen molar-refractivity contribution in [3.63, 3.8) is 0 Å². The number of nitrogens with one attached hydrogen (secondary N) is 1. The second-order valence-electron chi connectivity index (χ2n) is 6.54. The molecule has 4 aromatic rings. The highest BCUT2D eigenvalue weighted by atomic mass is 32.1. The Kier molecular flexibility index (Phi) is 5.44. The van der Waals surface area contributed by atoms with Crippen LogP contribution in [0.15, 0.2) is 79.1 Å². The van der Waals surface area contributed by atoms with E-state index >= 15 is 0 Å². The molecule has 144 valence electrons. The molecule has 0 fully saturated rings. The summed E-state index contributed by atoms with van der Waals surface area (Å²) < 4.78 is 13.2. The van der Waals surface area contributed by atoms with Crippen molar-refractivity contribution in [3.8, 4) is 10.6 Å². The molecule has 4 nitrogen and oxygen atoms in total. The molecule has 29 heavy (non-hydrogen) atoms. The normalized spacial score (nSPS) is 11.8. The maximum atomic E-state index is 13.2. The zero-order valence-electron chi connectivity index (χ0n) is 15.7. The zero-order chi connectivity index (χ0) is 20.2. The summed E-state index contributed by atoms with van der Waals surface area (Å²) in [5.41, 5.74) is 3.36. The summed E-state index contributed by atoms with van der Waals surface area (Å²) >= 11 is 1.30. The lowest BCUT2D eigenvalue weighted by Crippen LogP contribution is -2.29. The summed E-state index contributed by atoms with van der Waals surface area (Å²) in [6.45, 7) is 1.81. The fourth-order valence-electron chi connectivity index (χ4n) is 3.08. The molecular weight excluding hydrogens is 385 g/mol. The number of nitrogens with zero attached hydrogens (tertiary/aromatic N) is 2. The van der Waals surface area contributed by atoms with Crippen LogP contribution >= 0.6 is 11.3 Å². The van der Waals surface area contributed by atoms with Gasteiger partial charge in [-0.25, -0.2) is 9.37 Å². The van der Waals surface area contributed by atoms with E-state index in [0.29, 0.717) is 15.6 Å². The van der Waals surface area contributed by atoms with Crippen LogP contribution in [-0.2, 0) is 0 Å². The SMILES string of the molecule is Cc1nc(-c2ccc(F)cc2)sc1C(=O)NC(c1ccccc1)c1ccncc1. The van der Waals surface area contributed by atoms with E-state index < -0.39 is 0 Å². The van der Waals surface area contributed by atoms with E-state index in [-0.39, 0.29) is 17.8 Å². The quantitative estimate of drug-likeness (QED) is 0.500. The molecule has 0 spiro atoms. The van der Waals surface area contributed by atoms with E-state index in [1.165, 1.54) is 23.5 Å². The fraction of sp³-hybridized carbons (Fsp3) is 0.0870. The Hall–Kier alpha value is -3.38. The van der Waals surface area contributed by atoms with Crippen LogP contribution in [0.4, 0.5) is 4.39 Å². The molecule has 1 amide bonds. The maximum absolute atomic E-state index is 13.2. The fourth-order valence-corrected chi connectivity index (χ4v) is 4.06. The minimum Gasteiger partial charge on any atom is -0.340 e. The Bertz CT molecular complexity index is 1070. The number of amides is 1. The number of aromatic nitrogens is 2. The summed E-state index contributed by atoms with van der Waals surface area (Å²) in [7, 11) is 0. The third-order valence-corrected chi connectivity index (χ3v) is 5.75. The van der Waals surface area contributed by atoms with Crippen molar-refractivity contribution in [1.82, 2.24) is 15.3 Å². The first-order valence-corrected chi connectivity index (χ1v) is 9.92. The average Bonchev–Trinajstić information content (AvgIpc) is 3.15. The summed E-state index contributed by atoms with van der Waals surface area (Å²) in [4.78, 5) is 22.2. The van der Waals surface area contributed by atoms with Crippen LogP contribution in [-0.4, -0.2) is 15.9 Å². The van der Waals surface area contributed by atoms with Gasteiger partial charge in [0.05, 0.1) is 11.7 Å². The van der Waals surface area contributed by atoms with Crippen LogP contribution in [0.2, 0.25) is 0 Å². The molecule has 6 heteroatoms. The van der Waals surface area contributed by atoms with Crippen molar-refractivity contribution in [3.05, 3.63) is 107 Å². The number of carbonyl (C=O) groups excluding carboxylic acids is 1. The second kappa shape index (κ2) is 8.32. The first kappa shape index (κ1) is 19.0. The smallest absolute Gasteiger partial charge is 0.264 e. The van der Waals surface area contributed by atoms with Crippen molar-refractivity contribution >= 4 is 17.2 Å². The van der Waals surface area contributed by atoms with Crippen molar-refractivity contribution in [2.75, 3.05) is 0 Å². The van der Waals surface area contributed by atoms with Crippen LogP contribution in [0.5, 0.6) is 0 Å². The minimum atomic E-state index is -0.303. The number of pyridine rings is 1. The third kappa shape index (κ3) is 4.22. The molecule has 2 heterocycles. The van der Waals surface area contributed by atoms with Crippen molar-refractivity contribution in [2.24, 2.45) is 0 Å². The predicted molar refractivity (Wildman–Crippen MR) is 112 cm³/mol. The van der Waals surface area contributed by atoms with Crippen LogP contribution < -0.4 is 5.32 Å². The van der Waals surface area contributed by atoms with Gasteiger partial charge in [-0.3, -0.25) is 9.78 Å². The zero-order valence-corrected chi connectivity index (χ0v) is 16.5. The number of hydrogen-bond donors (Lipinski definition) is 1. The number of hydrogen-bond acceptors (Lipinski definition) is 4. The third-order valence-electron chi connectivity index (χ3n) is 4.54. The lowest BCUT2D eigenvalue weighted by Gasteiger charge is -2.19. The van der Waals surface area contributed by atoms with Gasteiger partial charge in [0.1, 0.15) is 15.7 Å². The number of benzene rings is 2. The molecule has 0 bridgehead atoms. The van der Waals surface area contributed by atoms with Crippen molar-refractivity contribution in [2.45, 2.75) is 13.0 Å². The Balaban J connectivity index is 1.64. The van der Waals surface area contributed by atoms with Gasteiger partial charge in [-0.1, -0.05) is 30.3 Å². The molecule has 0 saturated heterocycles. The molecule has 1 unspecified atom stereocenters. The van der Waals surface area contributed by atoms with Gasteiger partial charge >= 0.3 is 0 Å². The van der Waals surface area contributed by atoms with Crippen LogP contribution in [0.25, 0.3) is 10.6 Å². The number of thiazole rings is 1. The highest BCUT2D eigenvalue weighted by molar-refractivity contribution is 7.17. The molecule has 2 aromatic carbocycles. The number of rotatable bonds is 5. The first-order valence-electron chi connectivity index (χ1n) is 9.11. The van der Waals surface area contributed by atoms with Gasteiger partial charge in [0.2, 0.25) is 0 Å². The monoisotopic (exact) mass is 403 g/mol. The van der Waals surface area contributed by atoms with Gasteiger partial charge in [0.15, 0.2) is 0 Å². The first-order chi connectivity index (χ1) is 14.1. The Labute approximate surface area is 172 Å². The molecule has 1 N–H and O–H groups in total. The van der Waals surface area contributed by atoms with E-state index in [1.54, 1.807) is 24.5 Å². The average molecular weight is 403 g/mol. The van der Waals surface area contributed by atoms with Crippen LogP contribution in [0.3, 0.4) is 0 Å². The molecule has 1 atom stereocenters. The molecular formula is C23H18FN3OS. The van der Waals surface area contributed by atoms with E-state index in [1.807, 2.05) is 49.4 Å². The van der Waals surface area contributed by atoms with Crippen molar-refractivity contribution in [1.29, 1.82) is 0 Å². The van der Waals surface area contributed by atoms with Gasteiger partial charge < -0.3 is 5.32 Å². The lowest BCUT2D eigenvalue weighted by atomic mass is 9.99. The lowest BCUT2D eigenvalue weighted by molar-refractivity contribution is 0.0946. The van der Waals surface area contributed by atoms with E-state index in [4.69, 9.17) is 0 Å². The summed E-state index contributed by atoms with van der Waals surface area (Å²) in [6, 6.07) is 19.4. The summed E-state index contributed by atoms with van der Waals surface area (Å²) in [5, 5.41) is 3.81.